The van der Waals surface area contributed by atoms with Crippen LogP contribution < -0.4 is 34.7 Å². The van der Waals surface area contributed by atoms with Gasteiger partial charge in [0.1, 0.15) is 30.2 Å². The second-order valence-corrected chi connectivity index (χ2v) is 3.38. The molecule has 1 aromatic rings. The van der Waals surface area contributed by atoms with Crippen LogP contribution in [-0.2, 0) is 4.79 Å². The molecule has 1 aliphatic heterocycles. The Labute approximate surface area is 113 Å². The summed E-state index contributed by atoms with van der Waals surface area (Å²) < 4.78 is 1.08. The summed E-state index contributed by atoms with van der Waals surface area (Å²) in [6, 6.07) is -1.43. The molecule has 0 fully saturated rings. The van der Waals surface area contributed by atoms with E-state index < -0.39 is 30.3 Å². The van der Waals surface area contributed by atoms with Crippen LogP contribution in [0.3, 0.4) is 0 Å². The Bertz CT molecular complexity index is 396. The number of carboxylic acids is 1. The normalized spacial score (nSPS) is 32.7. The van der Waals surface area contributed by atoms with Crippen molar-refractivity contribution in [3.8, 4) is 0 Å². The molecule has 2 rings (SSSR count). The molecule has 0 saturated heterocycles. The van der Waals surface area contributed by atoms with E-state index in [2.05, 4.69) is 4.98 Å². The molecule has 7 nitrogen and oxygen atoms in total. The summed E-state index contributed by atoms with van der Waals surface area (Å²) in [7, 11) is 0. The Morgan fingerprint density at radius 3 is 2.56 bits per heavy atom. The molecule has 8 heteroatoms. The first-order valence-corrected chi connectivity index (χ1v) is 4.32. The molecule has 0 bridgehead atoms. The van der Waals surface area contributed by atoms with Crippen molar-refractivity contribution in [1.29, 1.82) is 0 Å². The van der Waals surface area contributed by atoms with Crippen molar-refractivity contribution in [2.24, 2.45) is 0 Å². The van der Waals surface area contributed by atoms with Gasteiger partial charge in [-0.3, -0.25) is 0 Å². The average molecular weight is 236 g/mol. The van der Waals surface area contributed by atoms with Gasteiger partial charge in [0.2, 0.25) is 0 Å². The first-order chi connectivity index (χ1) is 7.04. The van der Waals surface area contributed by atoms with Crippen molar-refractivity contribution in [3.63, 3.8) is 0 Å². The minimum atomic E-state index is -1.62. The number of hydrogen-bond acceptors (Lipinski definition) is 6. The summed E-state index contributed by atoms with van der Waals surface area (Å²) in [5.74, 6) is -1.53. The number of aliphatic hydroxyl groups is 3. The second-order valence-electron chi connectivity index (χ2n) is 3.38. The van der Waals surface area contributed by atoms with Gasteiger partial charge >= 0.3 is 29.6 Å². The van der Waals surface area contributed by atoms with E-state index in [9.17, 15) is 25.2 Å². The van der Waals surface area contributed by atoms with Gasteiger partial charge in [-0.1, -0.05) is 0 Å². The van der Waals surface area contributed by atoms with E-state index in [1.165, 1.54) is 12.4 Å². The van der Waals surface area contributed by atoms with E-state index in [1.54, 1.807) is 0 Å². The summed E-state index contributed by atoms with van der Waals surface area (Å²) in [6.45, 7) is 0. The van der Waals surface area contributed by atoms with Crippen LogP contribution in [0, 0.1) is 0 Å². The third-order valence-corrected chi connectivity index (χ3v) is 2.50. The second kappa shape index (κ2) is 4.82. The van der Waals surface area contributed by atoms with E-state index >= 15 is 0 Å². The molecule has 1 aliphatic rings. The number of hydrogen-bond donors (Lipinski definition) is 3. The maximum Gasteiger partial charge on any atom is 1.00 e. The molecule has 0 spiro atoms. The zero-order valence-electron chi connectivity index (χ0n) is 8.52. The van der Waals surface area contributed by atoms with Gasteiger partial charge in [-0.05, 0) is 0 Å². The number of nitrogens with zero attached hydrogens (tertiary/aromatic N) is 2. The molecular formula is C8H9N2NaO5. The maximum atomic E-state index is 10.8. The van der Waals surface area contributed by atoms with Gasteiger partial charge in [0.15, 0.2) is 0 Å². The third kappa shape index (κ3) is 1.90. The molecule has 16 heavy (non-hydrogen) atoms. The first-order valence-electron chi connectivity index (χ1n) is 4.32. The van der Waals surface area contributed by atoms with Gasteiger partial charge in [0.25, 0.3) is 0 Å². The molecule has 0 aromatic carbocycles. The number of rotatable bonds is 1. The summed E-state index contributed by atoms with van der Waals surface area (Å²) in [6.07, 6.45) is -2.02. The Morgan fingerprint density at radius 2 is 2.00 bits per heavy atom. The summed E-state index contributed by atoms with van der Waals surface area (Å²) >= 11 is 0. The quantitative estimate of drug-likeness (QED) is 0.418. The Morgan fingerprint density at radius 1 is 1.38 bits per heavy atom. The molecule has 82 valence electrons. The Kier molecular flexibility index (Phi) is 4.11. The molecule has 4 atom stereocenters. The van der Waals surface area contributed by atoms with Crippen molar-refractivity contribution in [3.05, 3.63) is 18.2 Å². The minimum Gasteiger partial charge on any atom is -0.548 e. The van der Waals surface area contributed by atoms with Crippen LogP contribution in [0.1, 0.15) is 18.0 Å². The maximum absolute atomic E-state index is 10.8. The van der Waals surface area contributed by atoms with E-state index in [0.29, 0.717) is 0 Å². The topological polar surface area (TPSA) is 119 Å². The van der Waals surface area contributed by atoms with Crippen LogP contribution in [0.5, 0.6) is 0 Å². The predicted octanol–water partition coefficient (Wildman–Crippen LogP) is -6.05. The van der Waals surface area contributed by atoms with Crippen molar-refractivity contribution < 1.29 is 54.8 Å². The fraction of sp³-hybridized carbons (Fsp3) is 0.500. The van der Waals surface area contributed by atoms with Crippen LogP contribution in [0.4, 0.5) is 0 Å². The molecule has 0 amide bonds. The standard InChI is InChI=1S/C8H10N2O5.Na/c11-4-3(8(14)15)10-2-1-9-7(10)6(13)5(4)12;/h1-6,11-13H,(H,14,15);/q;+1/p-1/t3-,4+,5-,6-;/m0./s1. The van der Waals surface area contributed by atoms with Crippen LogP contribution in [0.2, 0.25) is 0 Å². The monoisotopic (exact) mass is 236 g/mol. The number of carbonyl (C=O) groups is 1. The smallest absolute Gasteiger partial charge is 0.548 e. The van der Waals surface area contributed by atoms with E-state index in [1.807, 2.05) is 0 Å². The van der Waals surface area contributed by atoms with Crippen LogP contribution in [0.25, 0.3) is 0 Å². The first kappa shape index (κ1) is 13.6. The fourth-order valence-electron chi connectivity index (χ4n) is 1.73. The van der Waals surface area contributed by atoms with E-state index in [-0.39, 0.29) is 35.4 Å². The number of fused-ring (bicyclic) bond motifs is 1. The molecule has 2 heterocycles. The van der Waals surface area contributed by atoms with Crippen molar-refractivity contribution in [1.82, 2.24) is 9.55 Å². The van der Waals surface area contributed by atoms with Crippen LogP contribution >= 0.6 is 0 Å². The van der Waals surface area contributed by atoms with Gasteiger partial charge in [-0.15, -0.1) is 0 Å². The minimum absolute atomic E-state index is 0. The SMILES string of the molecule is O=C([O-])[C@@H]1[C@@H](O)[C@H](O)[C@H](O)c2nccn21.[Na+]. The van der Waals surface area contributed by atoms with E-state index in [4.69, 9.17) is 0 Å². The number of carbonyl (C=O) groups excluding carboxylic acids is 1. The van der Waals surface area contributed by atoms with Gasteiger partial charge in [-0.25, -0.2) is 4.98 Å². The predicted molar refractivity (Wildman–Crippen MR) is 43.2 cm³/mol. The largest absolute Gasteiger partial charge is 1.00 e. The fourth-order valence-corrected chi connectivity index (χ4v) is 1.73. The molecule has 0 radical (unpaired) electrons. The molecule has 1 aromatic heterocycles. The van der Waals surface area contributed by atoms with Gasteiger partial charge in [0.05, 0.1) is 5.97 Å². The van der Waals surface area contributed by atoms with Gasteiger partial charge < -0.3 is 29.8 Å². The number of carboxylic acid groups (broad SMARTS) is 1. The molecule has 0 unspecified atom stereocenters. The number of aromatic nitrogens is 2. The summed E-state index contributed by atoms with van der Waals surface area (Å²) in [5, 5.41) is 39.1. The summed E-state index contributed by atoms with van der Waals surface area (Å²) in [4.78, 5) is 14.5. The number of aliphatic hydroxyl groups excluding tert-OH is 3. The summed E-state index contributed by atoms with van der Waals surface area (Å²) in [5.41, 5.74) is 0. The average Bonchev–Trinajstić information content (AvgIpc) is 2.62. The number of imidazole rings is 1. The Hall–Kier alpha value is -0.440. The van der Waals surface area contributed by atoms with Crippen molar-refractivity contribution in [2.75, 3.05) is 0 Å². The van der Waals surface area contributed by atoms with Crippen molar-refractivity contribution in [2.45, 2.75) is 24.4 Å². The van der Waals surface area contributed by atoms with Gasteiger partial charge in [0, 0.05) is 12.4 Å². The third-order valence-electron chi connectivity index (χ3n) is 2.50. The van der Waals surface area contributed by atoms with Crippen molar-refractivity contribution >= 4 is 5.97 Å². The van der Waals surface area contributed by atoms with Gasteiger partial charge in [-0.2, -0.15) is 0 Å². The van der Waals surface area contributed by atoms with Crippen LogP contribution in [0.15, 0.2) is 12.4 Å². The molecular weight excluding hydrogens is 227 g/mol. The Balaban J connectivity index is 0.00000128. The van der Waals surface area contributed by atoms with E-state index in [0.717, 1.165) is 4.57 Å². The molecule has 3 N–H and O–H groups in total. The molecule has 0 saturated carbocycles. The van der Waals surface area contributed by atoms with Crippen LogP contribution in [-0.4, -0.2) is 43.0 Å². The molecule has 0 aliphatic carbocycles. The zero-order chi connectivity index (χ0) is 11.2. The zero-order valence-corrected chi connectivity index (χ0v) is 10.5. The number of aliphatic carboxylic acids is 1.